The van der Waals surface area contributed by atoms with Gasteiger partial charge in [0.05, 0.1) is 0 Å². The predicted octanol–water partition coefficient (Wildman–Crippen LogP) is 5.70. The Balaban J connectivity index is 2.32. The van der Waals surface area contributed by atoms with Crippen LogP contribution >= 0.6 is 15.9 Å². The first-order valence-electron chi connectivity index (χ1n) is 6.73. The van der Waals surface area contributed by atoms with E-state index in [1.807, 2.05) is 26.0 Å². The highest BCUT2D eigenvalue weighted by Crippen LogP contribution is 2.52. The van der Waals surface area contributed by atoms with Crippen molar-refractivity contribution in [2.75, 3.05) is 0 Å². The van der Waals surface area contributed by atoms with Crippen molar-refractivity contribution >= 4 is 15.9 Å². The van der Waals surface area contributed by atoms with E-state index >= 15 is 0 Å². The highest BCUT2D eigenvalue weighted by atomic mass is 79.9. The largest absolute Gasteiger partial charge is 0.206 e. The maximum Gasteiger partial charge on any atom is 0.129 e. The average molecular weight is 313 g/mol. The van der Waals surface area contributed by atoms with Gasteiger partial charge in [0, 0.05) is 4.83 Å². The molecule has 0 N–H and O–H groups in total. The van der Waals surface area contributed by atoms with Crippen LogP contribution in [0.2, 0.25) is 0 Å². The Bertz CT molecular complexity index is 427. The summed E-state index contributed by atoms with van der Waals surface area (Å²) in [6.45, 7) is 8.40. The van der Waals surface area contributed by atoms with Crippen molar-refractivity contribution in [3.05, 3.63) is 34.6 Å². The second-order valence-electron chi connectivity index (χ2n) is 6.36. The van der Waals surface area contributed by atoms with Crippen LogP contribution in [0.1, 0.15) is 54.6 Å². The zero-order valence-corrected chi connectivity index (χ0v) is 13.3. The molecule has 1 aliphatic carbocycles. The smallest absolute Gasteiger partial charge is 0.129 e. The lowest BCUT2D eigenvalue weighted by molar-refractivity contribution is 0.257. The maximum atomic E-state index is 13.7. The molecular formula is C16H22BrF. The van der Waals surface area contributed by atoms with Gasteiger partial charge in [-0.1, -0.05) is 48.3 Å². The monoisotopic (exact) mass is 312 g/mol. The minimum atomic E-state index is -0.0656. The van der Waals surface area contributed by atoms with E-state index in [1.165, 1.54) is 24.8 Å². The molecular weight excluding hydrogens is 291 g/mol. The molecule has 2 unspecified atom stereocenters. The third kappa shape index (κ3) is 2.49. The average Bonchev–Trinajstić information content (AvgIpc) is 2.64. The molecule has 0 amide bonds. The van der Waals surface area contributed by atoms with Crippen molar-refractivity contribution in [2.45, 2.75) is 51.8 Å². The molecule has 0 saturated heterocycles. The van der Waals surface area contributed by atoms with E-state index in [-0.39, 0.29) is 5.82 Å². The summed E-state index contributed by atoms with van der Waals surface area (Å²) in [6, 6.07) is 3.99. The summed E-state index contributed by atoms with van der Waals surface area (Å²) in [5.74, 6) is 0.575. The first-order chi connectivity index (χ1) is 8.33. The molecule has 0 bridgehead atoms. The molecule has 2 atom stereocenters. The van der Waals surface area contributed by atoms with E-state index in [0.29, 0.717) is 16.2 Å². The second-order valence-corrected chi connectivity index (χ2v) is 7.34. The van der Waals surface area contributed by atoms with Crippen LogP contribution in [0.5, 0.6) is 0 Å². The lowest BCUT2D eigenvalue weighted by Gasteiger charge is -2.31. The normalized spacial score (nSPS) is 24.2. The quantitative estimate of drug-likeness (QED) is 0.614. The van der Waals surface area contributed by atoms with Gasteiger partial charge in [0.2, 0.25) is 0 Å². The Labute approximate surface area is 118 Å². The summed E-state index contributed by atoms with van der Waals surface area (Å²) in [4.78, 5) is 0.341. The number of aryl methyl sites for hydroxylation is 2. The molecule has 0 nitrogen and oxygen atoms in total. The van der Waals surface area contributed by atoms with E-state index < -0.39 is 0 Å². The van der Waals surface area contributed by atoms with Crippen LogP contribution in [0, 0.1) is 31.0 Å². The summed E-state index contributed by atoms with van der Waals surface area (Å²) in [7, 11) is 0. The maximum absolute atomic E-state index is 13.7. The Morgan fingerprint density at radius 1 is 1.28 bits per heavy atom. The summed E-state index contributed by atoms with van der Waals surface area (Å²) >= 11 is 3.86. The van der Waals surface area contributed by atoms with E-state index in [1.54, 1.807) is 0 Å². The van der Waals surface area contributed by atoms with E-state index in [2.05, 4.69) is 29.8 Å². The molecule has 1 aliphatic rings. The van der Waals surface area contributed by atoms with Crippen molar-refractivity contribution < 1.29 is 4.39 Å². The van der Waals surface area contributed by atoms with Gasteiger partial charge < -0.3 is 0 Å². The summed E-state index contributed by atoms with van der Waals surface area (Å²) in [6.07, 6.45) is 3.86. The fourth-order valence-electron chi connectivity index (χ4n) is 3.27. The number of benzene rings is 1. The Morgan fingerprint density at radius 2 is 1.83 bits per heavy atom. The minimum Gasteiger partial charge on any atom is -0.206 e. The van der Waals surface area contributed by atoms with Gasteiger partial charge in [-0.2, -0.15) is 0 Å². The third-order valence-corrected chi connectivity index (χ3v) is 5.64. The van der Waals surface area contributed by atoms with Crippen LogP contribution in [-0.2, 0) is 0 Å². The molecule has 100 valence electrons. The molecule has 1 aromatic carbocycles. The number of hydrogen-bond donors (Lipinski definition) is 0. The van der Waals surface area contributed by atoms with Crippen LogP contribution in [-0.4, -0.2) is 0 Å². The molecule has 2 rings (SSSR count). The number of alkyl halides is 1. The van der Waals surface area contributed by atoms with Gasteiger partial charge in [-0.3, -0.25) is 0 Å². The summed E-state index contributed by atoms with van der Waals surface area (Å²) in [5.41, 5.74) is 3.12. The van der Waals surface area contributed by atoms with Crippen molar-refractivity contribution in [1.82, 2.24) is 0 Å². The SMILES string of the molecule is Cc1cc(C(Br)C2CCCC2(C)C)cc(C)c1F. The molecule has 0 heterocycles. The van der Waals surface area contributed by atoms with Gasteiger partial charge in [-0.15, -0.1) is 0 Å². The molecule has 0 aliphatic heterocycles. The van der Waals surface area contributed by atoms with E-state index in [0.717, 1.165) is 11.1 Å². The molecule has 18 heavy (non-hydrogen) atoms. The lowest BCUT2D eigenvalue weighted by Crippen LogP contribution is -2.21. The Morgan fingerprint density at radius 3 is 2.28 bits per heavy atom. The zero-order valence-electron chi connectivity index (χ0n) is 11.7. The number of halogens is 2. The second kappa shape index (κ2) is 4.96. The highest BCUT2D eigenvalue weighted by Gasteiger charge is 2.39. The van der Waals surface area contributed by atoms with E-state index in [4.69, 9.17) is 0 Å². The molecule has 1 aromatic rings. The topological polar surface area (TPSA) is 0 Å². The predicted molar refractivity (Wildman–Crippen MR) is 78.7 cm³/mol. The molecule has 1 saturated carbocycles. The van der Waals surface area contributed by atoms with Crippen LogP contribution in [0.15, 0.2) is 12.1 Å². The standard InChI is InChI=1S/C16H22BrF/c1-10-8-12(9-11(2)15(10)18)14(17)13-6-5-7-16(13,3)4/h8-9,13-14H,5-7H2,1-4H3. The van der Waals surface area contributed by atoms with E-state index in [9.17, 15) is 4.39 Å². The fraction of sp³-hybridized carbons (Fsp3) is 0.625. The van der Waals surface area contributed by atoms with Gasteiger partial charge >= 0.3 is 0 Å². The van der Waals surface area contributed by atoms with Crippen LogP contribution < -0.4 is 0 Å². The van der Waals surface area contributed by atoms with Gasteiger partial charge in [0.15, 0.2) is 0 Å². The fourth-order valence-corrected chi connectivity index (χ4v) is 4.51. The van der Waals surface area contributed by atoms with Crippen molar-refractivity contribution in [1.29, 1.82) is 0 Å². The zero-order chi connectivity index (χ0) is 13.5. The van der Waals surface area contributed by atoms with Gasteiger partial charge in [0.1, 0.15) is 5.82 Å². The summed E-state index contributed by atoms with van der Waals surface area (Å²) < 4.78 is 13.7. The van der Waals surface area contributed by atoms with Crippen LogP contribution in [0.3, 0.4) is 0 Å². The van der Waals surface area contributed by atoms with Crippen LogP contribution in [0.4, 0.5) is 4.39 Å². The molecule has 2 heteroatoms. The lowest BCUT2D eigenvalue weighted by atomic mass is 9.78. The molecule has 0 spiro atoms. The molecule has 1 fully saturated rings. The molecule has 0 aromatic heterocycles. The first kappa shape index (κ1) is 14.0. The Kier molecular flexibility index (Phi) is 3.87. The Hall–Kier alpha value is -0.370. The minimum absolute atomic E-state index is 0.0656. The summed E-state index contributed by atoms with van der Waals surface area (Å²) in [5, 5.41) is 0. The highest BCUT2D eigenvalue weighted by molar-refractivity contribution is 9.09. The van der Waals surface area contributed by atoms with Crippen molar-refractivity contribution in [3.8, 4) is 0 Å². The first-order valence-corrected chi connectivity index (χ1v) is 7.65. The molecule has 0 radical (unpaired) electrons. The van der Waals surface area contributed by atoms with Gasteiger partial charge in [-0.05, 0) is 54.7 Å². The number of rotatable bonds is 2. The van der Waals surface area contributed by atoms with Crippen molar-refractivity contribution in [2.24, 2.45) is 11.3 Å². The third-order valence-electron chi connectivity index (χ3n) is 4.47. The van der Waals surface area contributed by atoms with Gasteiger partial charge in [-0.25, -0.2) is 4.39 Å². The van der Waals surface area contributed by atoms with Crippen molar-refractivity contribution in [3.63, 3.8) is 0 Å². The number of hydrogen-bond acceptors (Lipinski definition) is 0. The van der Waals surface area contributed by atoms with Gasteiger partial charge in [0.25, 0.3) is 0 Å². The van der Waals surface area contributed by atoms with Crippen LogP contribution in [0.25, 0.3) is 0 Å².